The summed E-state index contributed by atoms with van der Waals surface area (Å²) >= 11 is 0. The summed E-state index contributed by atoms with van der Waals surface area (Å²) in [6, 6.07) is 6.64. The van der Waals surface area contributed by atoms with Gasteiger partial charge in [0.2, 0.25) is 0 Å². The van der Waals surface area contributed by atoms with Gasteiger partial charge in [0.25, 0.3) is 0 Å². The van der Waals surface area contributed by atoms with Crippen LogP contribution in [0.3, 0.4) is 0 Å². The number of amides is 2. The Kier molecular flexibility index (Phi) is 5.36. The SMILES string of the molecule is CN(C)C(=O)NC[C@H]1OC[C@@H]2CCN(Cc3ccc(F)cc3)C[C@@H]21. The Bertz CT molecular complexity index is 564. The summed E-state index contributed by atoms with van der Waals surface area (Å²) in [7, 11) is 3.47. The molecule has 2 amide bonds. The fourth-order valence-electron chi connectivity index (χ4n) is 3.65. The zero-order chi connectivity index (χ0) is 17.1. The third-order valence-corrected chi connectivity index (χ3v) is 5.07. The summed E-state index contributed by atoms with van der Waals surface area (Å²) in [6.07, 6.45) is 1.19. The number of hydrogen-bond donors (Lipinski definition) is 1. The Labute approximate surface area is 142 Å². The minimum absolute atomic E-state index is 0.0786. The molecule has 3 rings (SSSR count). The molecule has 0 spiro atoms. The van der Waals surface area contributed by atoms with Gasteiger partial charge in [0.15, 0.2) is 0 Å². The van der Waals surface area contributed by atoms with Crippen molar-refractivity contribution in [2.75, 3.05) is 40.3 Å². The number of piperidine rings is 1. The Balaban J connectivity index is 1.55. The molecule has 0 aliphatic carbocycles. The second-order valence-electron chi connectivity index (χ2n) is 7.03. The topological polar surface area (TPSA) is 44.8 Å². The van der Waals surface area contributed by atoms with Crippen LogP contribution in [-0.4, -0.2) is 62.3 Å². The number of halogens is 1. The van der Waals surface area contributed by atoms with Crippen molar-refractivity contribution in [1.29, 1.82) is 0 Å². The van der Waals surface area contributed by atoms with Gasteiger partial charge in [0.1, 0.15) is 5.82 Å². The monoisotopic (exact) mass is 335 g/mol. The minimum atomic E-state index is -0.196. The molecule has 0 bridgehead atoms. The normalized spacial score (nSPS) is 26.9. The van der Waals surface area contributed by atoms with Gasteiger partial charge >= 0.3 is 6.03 Å². The molecule has 3 atom stereocenters. The molecule has 2 aliphatic rings. The van der Waals surface area contributed by atoms with Crippen LogP contribution in [0, 0.1) is 17.7 Å². The van der Waals surface area contributed by atoms with E-state index < -0.39 is 0 Å². The molecule has 0 radical (unpaired) electrons. The van der Waals surface area contributed by atoms with E-state index in [0.29, 0.717) is 18.4 Å². The fourth-order valence-corrected chi connectivity index (χ4v) is 3.65. The third-order valence-electron chi connectivity index (χ3n) is 5.07. The predicted octanol–water partition coefficient (Wildman–Crippen LogP) is 1.93. The molecule has 2 fully saturated rings. The van der Waals surface area contributed by atoms with Gasteiger partial charge in [-0.15, -0.1) is 0 Å². The molecule has 24 heavy (non-hydrogen) atoms. The lowest BCUT2D eigenvalue weighted by Gasteiger charge is -2.36. The highest BCUT2D eigenvalue weighted by Gasteiger charge is 2.40. The highest BCUT2D eigenvalue weighted by atomic mass is 19.1. The molecule has 1 aromatic carbocycles. The molecule has 132 valence electrons. The van der Waals surface area contributed by atoms with Crippen molar-refractivity contribution in [3.05, 3.63) is 35.6 Å². The molecular weight excluding hydrogens is 309 g/mol. The van der Waals surface area contributed by atoms with E-state index in [1.807, 2.05) is 12.1 Å². The summed E-state index contributed by atoms with van der Waals surface area (Å²) in [5, 5.41) is 2.93. The number of ether oxygens (including phenoxy) is 1. The standard InChI is InChI=1S/C18H26FN3O2/c1-21(2)18(23)20-9-17-16-11-22(8-7-14(16)12-24-17)10-13-3-5-15(19)6-4-13/h3-6,14,16-17H,7-12H2,1-2H3,(H,20,23)/t14-,16-,17+/m0/s1. The van der Waals surface area contributed by atoms with Crippen molar-refractivity contribution in [3.8, 4) is 0 Å². The summed E-state index contributed by atoms with van der Waals surface area (Å²) in [4.78, 5) is 15.7. The van der Waals surface area contributed by atoms with E-state index in [2.05, 4.69) is 10.2 Å². The maximum atomic E-state index is 13.0. The number of nitrogens with one attached hydrogen (secondary N) is 1. The van der Waals surface area contributed by atoms with Gasteiger partial charge in [-0.2, -0.15) is 0 Å². The lowest BCUT2D eigenvalue weighted by molar-refractivity contribution is 0.0744. The summed E-state index contributed by atoms with van der Waals surface area (Å²) < 4.78 is 19.0. The van der Waals surface area contributed by atoms with Crippen LogP contribution < -0.4 is 5.32 Å². The maximum absolute atomic E-state index is 13.0. The smallest absolute Gasteiger partial charge is 0.316 e. The molecule has 2 aliphatic heterocycles. The first-order valence-corrected chi connectivity index (χ1v) is 8.56. The van der Waals surface area contributed by atoms with Crippen LogP contribution in [0.5, 0.6) is 0 Å². The third kappa shape index (κ3) is 4.05. The highest BCUT2D eigenvalue weighted by Crippen LogP contribution is 2.34. The zero-order valence-corrected chi connectivity index (χ0v) is 14.4. The number of likely N-dealkylation sites (tertiary alicyclic amines) is 1. The molecule has 0 aromatic heterocycles. The van der Waals surface area contributed by atoms with Crippen LogP contribution in [0.15, 0.2) is 24.3 Å². The molecule has 1 N–H and O–H groups in total. The maximum Gasteiger partial charge on any atom is 0.316 e. The largest absolute Gasteiger partial charge is 0.376 e. The van der Waals surface area contributed by atoms with Crippen molar-refractivity contribution in [1.82, 2.24) is 15.1 Å². The zero-order valence-electron chi connectivity index (χ0n) is 14.4. The first-order valence-electron chi connectivity index (χ1n) is 8.56. The van der Waals surface area contributed by atoms with E-state index in [4.69, 9.17) is 4.74 Å². The number of carbonyl (C=O) groups excluding carboxylic acids is 1. The van der Waals surface area contributed by atoms with Crippen molar-refractivity contribution in [2.45, 2.75) is 19.1 Å². The van der Waals surface area contributed by atoms with Gasteiger partial charge in [0, 0.05) is 39.6 Å². The summed E-state index contributed by atoms with van der Waals surface area (Å²) in [6.45, 7) is 4.18. The van der Waals surface area contributed by atoms with E-state index in [1.165, 1.54) is 17.0 Å². The quantitative estimate of drug-likeness (QED) is 0.914. The van der Waals surface area contributed by atoms with Gasteiger partial charge in [-0.1, -0.05) is 12.1 Å². The van der Waals surface area contributed by atoms with E-state index in [0.717, 1.165) is 38.2 Å². The molecular formula is C18H26FN3O2. The molecule has 0 unspecified atom stereocenters. The number of rotatable bonds is 4. The van der Waals surface area contributed by atoms with E-state index in [-0.39, 0.29) is 18.0 Å². The Morgan fingerprint density at radius 3 is 2.83 bits per heavy atom. The Hall–Kier alpha value is -1.66. The van der Waals surface area contributed by atoms with Crippen LogP contribution in [0.1, 0.15) is 12.0 Å². The predicted molar refractivity (Wildman–Crippen MR) is 90.1 cm³/mol. The molecule has 2 heterocycles. The van der Waals surface area contributed by atoms with Gasteiger partial charge in [0.05, 0.1) is 12.7 Å². The van der Waals surface area contributed by atoms with E-state index >= 15 is 0 Å². The molecule has 5 nitrogen and oxygen atoms in total. The summed E-state index contributed by atoms with van der Waals surface area (Å²) in [5.74, 6) is 0.829. The first kappa shape index (κ1) is 17.2. The Morgan fingerprint density at radius 2 is 2.12 bits per heavy atom. The average Bonchev–Trinajstić information content (AvgIpc) is 2.97. The van der Waals surface area contributed by atoms with Crippen LogP contribution in [0.25, 0.3) is 0 Å². The number of carbonyl (C=O) groups is 1. The number of nitrogens with zero attached hydrogens (tertiary/aromatic N) is 2. The van der Waals surface area contributed by atoms with Crippen molar-refractivity contribution < 1.29 is 13.9 Å². The van der Waals surface area contributed by atoms with E-state index in [9.17, 15) is 9.18 Å². The number of fused-ring (bicyclic) bond motifs is 1. The second kappa shape index (κ2) is 7.49. The van der Waals surface area contributed by atoms with Gasteiger partial charge in [-0.25, -0.2) is 9.18 Å². The fraction of sp³-hybridized carbons (Fsp3) is 0.611. The van der Waals surface area contributed by atoms with Crippen molar-refractivity contribution in [3.63, 3.8) is 0 Å². The number of hydrogen-bond acceptors (Lipinski definition) is 3. The average molecular weight is 335 g/mol. The molecule has 6 heteroatoms. The summed E-state index contributed by atoms with van der Waals surface area (Å²) in [5.41, 5.74) is 1.13. The second-order valence-corrected chi connectivity index (χ2v) is 7.03. The van der Waals surface area contributed by atoms with Crippen LogP contribution >= 0.6 is 0 Å². The minimum Gasteiger partial charge on any atom is -0.376 e. The molecule has 1 aromatic rings. The van der Waals surface area contributed by atoms with Gasteiger partial charge in [-0.3, -0.25) is 4.90 Å². The van der Waals surface area contributed by atoms with Crippen molar-refractivity contribution >= 4 is 6.03 Å². The molecule has 2 saturated heterocycles. The molecule has 0 saturated carbocycles. The lowest BCUT2D eigenvalue weighted by atomic mass is 9.84. The van der Waals surface area contributed by atoms with Crippen LogP contribution in [-0.2, 0) is 11.3 Å². The highest BCUT2D eigenvalue weighted by molar-refractivity contribution is 5.73. The van der Waals surface area contributed by atoms with Gasteiger partial charge < -0.3 is 15.0 Å². The van der Waals surface area contributed by atoms with Crippen LogP contribution in [0.2, 0.25) is 0 Å². The van der Waals surface area contributed by atoms with Crippen LogP contribution in [0.4, 0.5) is 9.18 Å². The van der Waals surface area contributed by atoms with E-state index in [1.54, 1.807) is 14.1 Å². The number of benzene rings is 1. The van der Waals surface area contributed by atoms with Crippen molar-refractivity contribution in [2.24, 2.45) is 11.8 Å². The Morgan fingerprint density at radius 1 is 1.38 bits per heavy atom. The first-order chi connectivity index (χ1) is 11.5. The number of urea groups is 1. The lowest BCUT2D eigenvalue weighted by Crippen LogP contribution is -2.46. The van der Waals surface area contributed by atoms with Gasteiger partial charge in [-0.05, 0) is 36.6 Å².